The molecule has 0 spiro atoms. The number of Topliss-reactive ketones (excluding diaryl/α,β-unsaturated/α-hetero) is 1. The third kappa shape index (κ3) is 2.34. The van der Waals surface area contributed by atoms with E-state index in [2.05, 4.69) is 0 Å². The minimum absolute atomic E-state index is 0.0392. The van der Waals surface area contributed by atoms with Gasteiger partial charge in [0.05, 0.1) is 6.61 Å². The Kier molecular flexibility index (Phi) is 2.70. The van der Waals surface area contributed by atoms with E-state index in [9.17, 15) is 9.59 Å². The molecule has 0 N–H and O–H groups in total. The number of esters is 1. The molecule has 1 rings (SSSR count). The second kappa shape index (κ2) is 3.37. The molecule has 0 amide bonds. The quantitative estimate of drug-likeness (QED) is 0.514. The molecule has 1 fully saturated rings. The van der Waals surface area contributed by atoms with Gasteiger partial charge >= 0.3 is 5.97 Å². The first kappa shape index (κ1) is 11.2. The highest BCUT2D eigenvalue weighted by Gasteiger charge is 2.55. The molecule has 0 unspecified atom stereocenters. The smallest absolute Gasteiger partial charge is 0.319 e. The van der Waals surface area contributed by atoms with E-state index in [4.69, 9.17) is 4.74 Å². The van der Waals surface area contributed by atoms with Crippen molar-refractivity contribution in [1.29, 1.82) is 0 Å². The SMILES string of the molecule is CC(=O)C1(C(=O)OCC(C)(C)C)CC1. The van der Waals surface area contributed by atoms with Gasteiger partial charge in [-0.3, -0.25) is 9.59 Å². The highest BCUT2D eigenvalue weighted by atomic mass is 16.5. The summed E-state index contributed by atoms with van der Waals surface area (Å²) in [4.78, 5) is 22.8. The Morgan fingerprint density at radius 1 is 1.29 bits per heavy atom. The van der Waals surface area contributed by atoms with Crippen LogP contribution in [-0.2, 0) is 14.3 Å². The van der Waals surface area contributed by atoms with E-state index in [1.165, 1.54) is 6.92 Å². The first-order chi connectivity index (χ1) is 6.28. The van der Waals surface area contributed by atoms with Gasteiger partial charge in [0.25, 0.3) is 0 Å². The normalized spacial score (nSPS) is 18.9. The molecular formula is C11H18O3. The molecule has 0 heterocycles. The predicted molar refractivity (Wildman–Crippen MR) is 52.8 cm³/mol. The zero-order valence-corrected chi connectivity index (χ0v) is 9.35. The van der Waals surface area contributed by atoms with Gasteiger partial charge < -0.3 is 4.74 Å². The monoisotopic (exact) mass is 198 g/mol. The van der Waals surface area contributed by atoms with E-state index < -0.39 is 5.41 Å². The number of ketones is 1. The topological polar surface area (TPSA) is 43.4 Å². The van der Waals surface area contributed by atoms with Gasteiger partial charge in [0.2, 0.25) is 0 Å². The maximum absolute atomic E-state index is 11.6. The van der Waals surface area contributed by atoms with E-state index in [1.807, 2.05) is 20.8 Å². The van der Waals surface area contributed by atoms with Crippen LogP contribution in [0.5, 0.6) is 0 Å². The van der Waals surface area contributed by atoms with E-state index in [-0.39, 0.29) is 17.2 Å². The molecule has 0 radical (unpaired) electrons. The molecule has 0 saturated heterocycles. The molecule has 1 saturated carbocycles. The van der Waals surface area contributed by atoms with Gasteiger partial charge in [0.1, 0.15) is 11.2 Å². The van der Waals surface area contributed by atoms with E-state index in [0.717, 1.165) is 0 Å². The Morgan fingerprint density at radius 2 is 1.79 bits per heavy atom. The second-order valence-electron chi connectivity index (χ2n) is 5.28. The number of rotatable bonds is 3. The van der Waals surface area contributed by atoms with Crippen molar-refractivity contribution in [1.82, 2.24) is 0 Å². The van der Waals surface area contributed by atoms with Crippen molar-refractivity contribution >= 4 is 11.8 Å². The lowest BCUT2D eigenvalue weighted by molar-refractivity contribution is -0.156. The average Bonchev–Trinajstić information content (AvgIpc) is 2.78. The summed E-state index contributed by atoms with van der Waals surface area (Å²) in [5.41, 5.74) is -0.812. The lowest BCUT2D eigenvalue weighted by Crippen LogP contribution is -2.29. The van der Waals surface area contributed by atoms with Crippen LogP contribution in [-0.4, -0.2) is 18.4 Å². The highest BCUT2D eigenvalue weighted by molar-refractivity contribution is 6.05. The summed E-state index contributed by atoms with van der Waals surface area (Å²) in [6.45, 7) is 7.82. The second-order valence-corrected chi connectivity index (χ2v) is 5.28. The molecule has 0 atom stereocenters. The third-order valence-corrected chi connectivity index (χ3v) is 2.45. The molecule has 0 aromatic heterocycles. The van der Waals surface area contributed by atoms with Crippen LogP contribution in [0.2, 0.25) is 0 Å². The lowest BCUT2D eigenvalue weighted by Gasteiger charge is -2.19. The Balaban J connectivity index is 2.48. The van der Waals surface area contributed by atoms with E-state index >= 15 is 0 Å². The van der Waals surface area contributed by atoms with Gasteiger partial charge in [-0.2, -0.15) is 0 Å². The highest BCUT2D eigenvalue weighted by Crippen LogP contribution is 2.47. The van der Waals surface area contributed by atoms with Crippen LogP contribution < -0.4 is 0 Å². The standard InChI is InChI=1S/C11H18O3/c1-8(12)11(5-6-11)9(13)14-7-10(2,3)4/h5-7H2,1-4H3. The maximum atomic E-state index is 11.6. The van der Waals surface area contributed by atoms with E-state index in [0.29, 0.717) is 19.4 Å². The molecule has 1 aliphatic carbocycles. The molecule has 0 aromatic rings. The van der Waals surface area contributed by atoms with Crippen LogP contribution in [0.4, 0.5) is 0 Å². The minimum atomic E-state index is -0.773. The first-order valence-electron chi connectivity index (χ1n) is 4.96. The Bertz CT molecular complexity index is 256. The predicted octanol–water partition coefficient (Wildman–Crippen LogP) is 1.94. The summed E-state index contributed by atoms with van der Waals surface area (Å²) < 4.78 is 5.14. The van der Waals surface area contributed by atoms with Gasteiger partial charge in [-0.05, 0) is 25.2 Å². The van der Waals surface area contributed by atoms with Gasteiger partial charge in [-0.25, -0.2) is 0 Å². The van der Waals surface area contributed by atoms with E-state index in [1.54, 1.807) is 0 Å². The van der Waals surface area contributed by atoms with Gasteiger partial charge in [-0.1, -0.05) is 20.8 Å². The Labute approximate surface area is 84.8 Å². The van der Waals surface area contributed by atoms with Crippen molar-refractivity contribution in [3.63, 3.8) is 0 Å². The fourth-order valence-corrected chi connectivity index (χ4v) is 1.25. The molecular weight excluding hydrogens is 180 g/mol. The number of hydrogen-bond donors (Lipinski definition) is 0. The average molecular weight is 198 g/mol. The number of carbonyl (C=O) groups is 2. The van der Waals surface area contributed by atoms with Gasteiger partial charge in [-0.15, -0.1) is 0 Å². The fraction of sp³-hybridized carbons (Fsp3) is 0.818. The molecule has 0 bridgehead atoms. The molecule has 80 valence electrons. The molecule has 0 aromatic carbocycles. The van der Waals surface area contributed by atoms with Crippen molar-refractivity contribution in [2.45, 2.75) is 40.5 Å². The van der Waals surface area contributed by atoms with Crippen molar-refractivity contribution in [2.75, 3.05) is 6.61 Å². The van der Waals surface area contributed by atoms with Crippen LogP contribution in [0, 0.1) is 10.8 Å². The lowest BCUT2D eigenvalue weighted by atomic mass is 9.98. The zero-order chi connectivity index (χ0) is 11.0. The van der Waals surface area contributed by atoms with Crippen LogP contribution in [0.15, 0.2) is 0 Å². The molecule has 3 heteroatoms. The summed E-state index contributed by atoms with van der Waals surface area (Å²) >= 11 is 0. The molecule has 1 aliphatic rings. The zero-order valence-electron chi connectivity index (χ0n) is 9.35. The van der Waals surface area contributed by atoms with Crippen molar-refractivity contribution in [3.8, 4) is 0 Å². The van der Waals surface area contributed by atoms with Crippen LogP contribution in [0.25, 0.3) is 0 Å². The number of carbonyl (C=O) groups excluding carboxylic acids is 2. The number of hydrogen-bond acceptors (Lipinski definition) is 3. The van der Waals surface area contributed by atoms with Crippen LogP contribution in [0.3, 0.4) is 0 Å². The van der Waals surface area contributed by atoms with Crippen LogP contribution in [0.1, 0.15) is 40.5 Å². The summed E-state index contributed by atoms with van der Waals surface area (Å²) in [6, 6.07) is 0. The summed E-state index contributed by atoms with van der Waals surface area (Å²) in [6.07, 6.45) is 1.32. The number of ether oxygens (including phenoxy) is 1. The Morgan fingerprint density at radius 3 is 2.07 bits per heavy atom. The summed E-state index contributed by atoms with van der Waals surface area (Å²) in [7, 11) is 0. The van der Waals surface area contributed by atoms with Crippen LogP contribution >= 0.6 is 0 Å². The Hall–Kier alpha value is -0.860. The first-order valence-corrected chi connectivity index (χ1v) is 4.96. The molecule has 0 aliphatic heterocycles. The minimum Gasteiger partial charge on any atom is -0.464 e. The molecule has 14 heavy (non-hydrogen) atoms. The summed E-state index contributed by atoms with van der Waals surface area (Å²) in [5, 5.41) is 0. The maximum Gasteiger partial charge on any atom is 0.319 e. The fourth-order valence-electron chi connectivity index (χ4n) is 1.25. The third-order valence-electron chi connectivity index (χ3n) is 2.45. The van der Waals surface area contributed by atoms with Crippen molar-refractivity contribution < 1.29 is 14.3 Å². The van der Waals surface area contributed by atoms with Gasteiger partial charge in [0, 0.05) is 0 Å². The van der Waals surface area contributed by atoms with Gasteiger partial charge in [0.15, 0.2) is 0 Å². The molecule has 3 nitrogen and oxygen atoms in total. The van der Waals surface area contributed by atoms with Crippen molar-refractivity contribution in [3.05, 3.63) is 0 Å². The largest absolute Gasteiger partial charge is 0.464 e. The summed E-state index contributed by atoms with van der Waals surface area (Å²) in [5.74, 6) is -0.392. The van der Waals surface area contributed by atoms with Crippen molar-refractivity contribution in [2.24, 2.45) is 10.8 Å².